The van der Waals surface area contributed by atoms with Crippen LogP contribution < -0.4 is 5.32 Å². The Morgan fingerprint density at radius 1 is 1.41 bits per heavy atom. The zero-order valence-corrected chi connectivity index (χ0v) is 11.0. The van der Waals surface area contributed by atoms with Crippen LogP contribution >= 0.6 is 11.6 Å². The Balaban J connectivity index is 2.27. The lowest BCUT2D eigenvalue weighted by atomic mass is 10.1. The van der Waals surface area contributed by atoms with Crippen molar-refractivity contribution < 1.29 is 9.53 Å². The molecule has 0 bridgehead atoms. The first-order valence-corrected chi connectivity index (χ1v) is 6.07. The van der Waals surface area contributed by atoms with Gasteiger partial charge in [0.2, 0.25) is 0 Å². The third-order valence-corrected chi connectivity index (χ3v) is 2.86. The van der Waals surface area contributed by atoms with Crippen LogP contribution in [0.15, 0.2) is 24.3 Å². The molecule has 1 atom stereocenters. The summed E-state index contributed by atoms with van der Waals surface area (Å²) in [4.78, 5) is 10.9. The largest absolute Gasteiger partial charge is 0.469 e. The molecule has 0 aromatic heterocycles. The van der Waals surface area contributed by atoms with Gasteiger partial charge in [0.05, 0.1) is 7.11 Å². The quantitative estimate of drug-likeness (QED) is 0.627. The van der Waals surface area contributed by atoms with Gasteiger partial charge in [-0.3, -0.25) is 4.79 Å². The molecular weight excluding hydrogens is 238 g/mol. The summed E-state index contributed by atoms with van der Waals surface area (Å²) in [7, 11) is 1.41. The van der Waals surface area contributed by atoms with Gasteiger partial charge in [0, 0.05) is 17.5 Å². The Labute approximate surface area is 107 Å². The van der Waals surface area contributed by atoms with E-state index in [1.807, 2.05) is 24.3 Å². The summed E-state index contributed by atoms with van der Waals surface area (Å²) in [5.41, 5.74) is 1.19. The van der Waals surface area contributed by atoms with Gasteiger partial charge in [-0.15, -0.1) is 0 Å². The molecule has 17 heavy (non-hydrogen) atoms. The maximum Gasteiger partial charge on any atom is 0.305 e. The normalized spacial score (nSPS) is 12.2. The zero-order chi connectivity index (χ0) is 12.7. The number of carbonyl (C=O) groups excluding carboxylic acids is 1. The Morgan fingerprint density at radius 3 is 2.65 bits per heavy atom. The molecule has 0 fully saturated rings. The van der Waals surface area contributed by atoms with Crippen LogP contribution in [0.5, 0.6) is 0 Å². The average molecular weight is 256 g/mol. The first-order chi connectivity index (χ1) is 8.13. The minimum absolute atomic E-state index is 0.161. The fraction of sp³-hybridized carbons (Fsp3) is 0.462. The van der Waals surface area contributed by atoms with Crippen LogP contribution in [0.4, 0.5) is 0 Å². The van der Waals surface area contributed by atoms with Crippen LogP contribution in [0, 0.1) is 0 Å². The average Bonchev–Trinajstić information content (AvgIpc) is 2.34. The van der Waals surface area contributed by atoms with Crippen LogP contribution in [-0.4, -0.2) is 19.6 Å². The molecule has 94 valence electrons. The Morgan fingerprint density at radius 2 is 2.06 bits per heavy atom. The molecule has 0 aliphatic carbocycles. The molecule has 1 N–H and O–H groups in total. The molecule has 0 saturated carbocycles. The summed E-state index contributed by atoms with van der Waals surface area (Å²) in [6, 6.07) is 8.01. The van der Waals surface area contributed by atoms with Gasteiger partial charge in [-0.1, -0.05) is 23.7 Å². The molecule has 0 aliphatic heterocycles. The molecule has 0 radical (unpaired) electrons. The van der Waals surface area contributed by atoms with E-state index in [0.717, 1.165) is 18.0 Å². The highest BCUT2D eigenvalue weighted by atomic mass is 35.5. The fourth-order valence-corrected chi connectivity index (χ4v) is 1.65. The van der Waals surface area contributed by atoms with E-state index in [1.165, 1.54) is 12.7 Å². The summed E-state index contributed by atoms with van der Waals surface area (Å²) in [5.74, 6) is -0.161. The molecule has 0 saturated heterocycles. The van der Waals surface area contributed by atoms with Crippen molar-refractivity contribution in [3.63, 3.8) is 0 Å². The van der Waals surface area contributed by atoms with Crippen molar-refractivity contribution in [1.29, 1.82) is 0 Å². The summed E-state index contributed by atoms with van der Waals surface area (Å²) in [6.45, 7) is 2.88. The monoisotopic (exact) mass is 255 g/mol. The molecule has 3 nitrogen and oxygen atoms in total. The first kappa shape index (κ1) is 14.0. The van der Waals surface area contributed by atoms with Crippen molar-refractivity contribution >= 4 is 17.6 Å². The lowest BCUT2D eigenvalue weighted by molar-refractivity contribution is -0.140. The van der Waals surface area contributed by atoms with Gasteiger partial charge in [-0.2, -0.15) is 0 Å². The van der Waals surface area contributed by atoms with Gasteiger partial charge < -0.3 is 10.1 Å². The molecule has 0 amide bonds. The lowest BCUT2D eigenvalue weighted by Gasteiger charge is -2.13. The van der Waals surface area contributed by atoms with Crippen molar-refractivity contribution in [2.24, 2.45) is 0 Å². The van der Waals surface area contributed by atoms with E-state index in [-0.39, 0.29) is 12.0 Å². The molecule has 1 aromatic rings. The lowest BCUT2D eigenvalue weighted by Crippen LogP contribution is -2.20. The molecule has 0 unspecified atom stereocenters. The first-order valence-electron chi connectivity index (χ1n) is 5.69. The number of methoxy groups -OCH3 is 1. The SMILES string of the molecule is COC(=O)CCCN[C@@H](C)c1ccc(Cl)cc1. The molecule has 1 rings (SSSR count). The van der Waals surface area contributed by atoms with Gasteiger partial charge in [0.1, 0.15) is 0 Å². The number of esters is 1. The smallest absolute Gasteiger partial charge is 0.305 e. The zero-order valence-electron chi connectivity index (χ0n) is 10.2. The molecule has 0 heterocycles. The Bertz CT molecular complexity index is 351. The maximum absolute atomic E-state index is 10.9. The van der Waals surface area contributed by atoms with Gasteiger partial charge in [-0.05, 0) is 37.6 Å². The van der Waals surface area contributed by atoms with E-state index in [9.17, 15) is 4.79 Å². The van der Waals surface area contributed by atoms with Gasteiger partial charge in [-0.25, -0.2) is 0 Å². The van der Waals surface area contributed by atoms with Crippen molar-refractivity contribution in [2.45, 2.75) is 25.8 Å². The maximum atomic E-state index is 10.9. The second-order valence-corrected chi connectivity index (χ2v) is 4.34. The number of halogens is 1. The van der Waals surface area contributed by atoms with E-state index in [4.69, 9.17) is 11.6 Å². The second-order valence-electron chi connectivity index (χ2n) is 3.91. The van der Waals surface area contributed by atoms with E-state index in [0.29, 0.717) is 6.42 Å². The van der Waals surface area contributed by atoms with Crippen LogP contribution in [-0.2, 0) is 9.53 Å². The molecule has 0 aliphatic rings. The van der Waals surface area contributed by atoms with Gasteiger partial charge in [0.25, 0.3) is 0 Å². The van der Waals surface area contributed by atoms with E-state index in [2.05, 4.69) is 17.0 Å². The minimum atomic E-state index is -0.161. The predicted molar refractivity (Wildman–Crippen MR) is 69.1 cm³/mol. The standard InChI is InChI=1S/C13H18ClNO2/c1-10(11-5-7-12(14)8-6-11)15-9-3-4-13(16)17-2/h5-8,10,15H,3-4,9H2,1-2H3/t10-/m0/s1. The van der Waals surface area contributed by atoms with Crippen LogP contribution in [0.25, 0.3) is 0 Å². The summed E-state index contributed by atoms with van der Waals surface area (Å²) >= 11 is 5.82. The number of ether oxygens (including phenoxy) is 1. The molecular formula is C13H18ClNO2. The predicted octanol–water partition coefficient (Wildman–Crippen LogP) is 2.94. The fourth-order valence-electron chi connectivity index (χ4n) is 1.52. The summed E-state index contributed by atoms with van der Waals surface area (Å²) < 4.78 is 4.57. The van der Waals surface area contributed by atoms with Crippen molar-refractivity contribution in [2.75, 3.05) is 13.7 Å². The van der Waals surface area contributed by atoms with E-state index >= 15 is 0 Å². The van der Waals surface area contributed by atoms with E-state index in [1.54, 1.807) is 0 Å². The summed E-state index contributed by atoms with van der Waals surface area (Å²) in [6.07, 6.45) is 1.24. The number of hydrogen-bond donors (Lipinski definition) is 1. The molecule has 1 aromatic carbocycles. The van der Waals surface area contributed by atoms with Crippen molar-refractivity contribution in [3.8, 4) is 0 Å². The minimum Gasteiger partial charge on any atom is -0.469 e. The topological polar surface area (TPSA) is 38.3 Å². The van der Waals surface area contributed by atoms with Crippen LogP contribution in [0.1, 0.15) is 31.4 Å². The van der Waals surface area contributed by atoms with Crippen LogP contribution in [0.2, 0.25) is 5.02 Å². The van der Waals surface area contributed by atoms with Crippen LogP contribution in [0.3, 0.4) is 0 Å². The number of rotatable bonds is 6. The highest BCUT2D eigenvalue weighted by molar-refractivity contribution is 6.30. The molecule has 0 spiro atoms. The molecule has 4 heteroatoms. The second kappa shape index (κ2) is 7.30. The van der Waals surface area contributed by atoms with Gasteiger partial charge >= 0.3 is 5.97 Å². The number of carbonyl (C=O) groups is 1. The Hall–Kier alpha value is -1.06. The number of benzene rings is 1. The third kappa shape index (κ3) is 5.20. The highest BCUT2D eigenvalue weighted by Gasteiger charge is 2.05. The van der Waals surface area contributed by atoms with E-state index < -0.39 is 0 Å². The van der Waals surface area contributed by atoms with Crippen molar-refractivity contribution in [3.05, 3.63) is 34.9 Å². The Kier molecular flexibility index (Phi) is 6.01. The summed E-state index contributed by atoms with van der Waals surface area (Å²) in [5, 5.41) is 4.09. The number of hydrogen-bond acceptors (Lipinski definition) is 3. The third-order valence-electron chi connectivity index (χ3n) is 2.61. The highest BCUT2D eigenvalue weighted by Crippen LogP contribution is 2.15. The van der Waals surface area contributed by atoms with Crippen molar-refractivity contribution in [1.82, 2.24) is 5.32 Å². The number of nitrogens with one attached hydrogen (secondary N) is 1. The van der Waals surface area contributed by atoms with Gasteiger partial charge in [0.15, 0.2) is 0 Å².